The van der Waals surface area contributed by atoms with Crippen LogP contribution in [-0.4, -0.2) is 20.5 Å². The van der Waals surface area contributed by atoms with E-state index in [0.29, 0.717) is 4.88 Å². The summed E-state index contributed by atoms with van der Waals surface area (Å²) in [6.07, 6.45) is 1.91. The summed E-state index contributed by atoms with van der Waals surface area (Å²) < 4.78 is 2.85. The molecule has 114 valence electrons. The second kappa shape index (κ2) is 6.18. The van der Waals surface area contributed by atoms with E-state index in [1.54, 1.807) is 0 Å². The molecule has 1 N–H and O–H groups in total. The van der Waals surface area contributed by atoms with Crippen molar-refractivity contribution < 1.29 is 4.79 Å². The van der Waals surface area contributed by atoms with Crippen LogP contribution >= 0.6 is 27.3 Å². The number of fused-ring (bicyclic) bond motifs is 1. The van der Waals surface area contributed by atoms with Crippen LogP contribution in [0.3, 0.4) is 0 Å². The van der Waals surface area contributed by atoms with Crippen LogP contribution in [0.5, 0.6) is 0 Å². The van der Waals surface area contributed by atoms with Gasteiger partial charge in [-0.2, -0.15) is 0 Å². The summed E-state index contributed by atoms with van der Waals surface area (Å²) in [5.74, 6) is 0.844. The van der Waals surface area contributed by atoms with Gasteiger partial charge in [0.05, 0.1) is 14.7 Å². The number of amides is 1. The van der Waals surface area contributed by atoms with Gasteiger partial charge in [-0.05, 0) is 46.1 Å². The second-order valence-corrected chi connectivity index (χ2v) is 7.75. The van der Waals surface area contributed by atoms with Crippen molar-refractivity contribution in [2.75, 3.05) is 0 Å². The Labute approximate surface area is 140 Å². The molecule has 0 bridgehead atoms. The Morgan fingerprint density at radius 2 is 2.09 bits per heavy atom. The number of pyridine rings is 1. The highest BCUT2D eigenvalue weighted by Gasteiger charge is 2.24. The Balaban J connectivity index is 1.92. The van der Waals surface area contributed by atoms with E-state index in [0.717, 1.165) is 15.3 Å². The van der Waals surface area contributed by atoms with Gasteiger partial charge in [-0.3, -0.25) is 9.20 Å². The zero-order chi connectivity index (χ0) is 15.7. The molecule has 3 aromatic rings. The minimum Gasteiger partial charge on any atom is -0.341 e. The standard InChI is InChI=1S/C15H15BrN4OS/c1-9(2)13(17-15(21)10-6-7-11(16)22-10)14-19-18-12-5-3-4-8-20(12)14/h3-9,13H,1-2H3,(H,17,21). The minimum atomic E-state index is -0.203. The summed E-state index contributed by atoms with van der Waals surface area (Å²) in [6, 6.07) is 9.21. The average molecular weight is 379 g/mol. The van der Waals surface area contributed by atoms with Gasteiger partial charge in [0.25, 0.3) is 5.91 Å². The maximum absolute atomic E-state index is 12.4. The van der Waals surface area contributed by atoms with E-state index < -0.39 is 0 Å². The van der Waals surface area contributed by atoms with Gasteiger partial charge in [0.1, 0.15) is 0 Å². The van der Waals surface area contributed by atoms with Crippen LogP contribution in [0.1, 0.15) is 35.4 Å². The molecule has 1 unspecified atom stereocenters. The van der Waals surface area contributed by atoms with Crippen LogP contribution < -0.4 is 5.32 Å². The summed E-state index contributed by atoms with van der Waals surface area (Å²) in [5.41, 5.74) is 0.774. The fourth-order valence-electron chi connectivity index (χ4n) is 2.25. The first-order valence-electron chi connectivity index (χ1n) is 6.92. The lowest BCUT2D eigenvalue weighted by Crippen LogP contribution is -2.32. The number of hydrogen-bond acceptors (Lipinski definition) is 4. The molecule has 1 atom stereocenters. The number of hydrogen-bond donors (Lipinski definition) is 1. The highest BCUT2D eigenvalue weighted by molar-refractivity contribution is 9.11. The quantitative estimate of drug-likeness (QED) is 0.752. The number of nitrogens with one attached hydrogen (secondary N) is 1. The van der Waals surface area contributed by atoms with Crippen molar-refractivity contribution in [2.24, 2.45) is 5.92 Å². The summed E-state index contributed by atoms with van der Waals surface area (Å²) >= 11 is 4.79. The number of thiophene rings is 1. The summed E-state index contributed by atoms with van der Waals surface area (Å²) in [5, 5.41) is 11.5. The van der Waals surface area contributed by atoms with Gasteiger partial charge in [-0.25, -0.2) is 0 Å². The SMILES string of the molecule is CC(C)C(NC(=O)c1ccc(Br)s1)c1nnc2ccccn12. The highest BCUT2D eigenvalue weighted by Crippen LogP contribution is 2.25. The third kappa shape index (κ3) is 2.91. The summed E-state index contributed by atoms with van der Waals surface area (Å²) in [6.45, 7) is 4.11. The van der Waals surface area contributed by atoms with E-state index >= 15 is 0 Å². The van der Waals surface area contributed by atoms with Gasteiger partial charge < -0.3 is 5.32 Å². The number of halogens is 1. The van der Waals surface area contributed by atoms with E-state index in [4.69, 9.17) is 0 Å². The van der Waals surface area contributed by atoms with Gasteiger partial charge in [-0.1, -0.05) is 19.9 Å². The predicted octanol–water partition coefficient (Wildman–Crippen LogP) is 3.68. The molecule has 0 saturated heterocycles. The lowest BCUT2D eigenvalue weighted by atomic mass is 10.0. The predicted molar refractivity (Wildman–Crippen MR) is 90.1 cm³/mol. The van der Waals surface area contributed by atoms with Crippen LogP contribution in [0.4, 0.5) is 0 Å². The number of carbonyl (C=O) groups is 1. The zero-order valence-corrected chi connectivity index (χ0v) is 14.6. The van der Waals surface area contributed by atoms with Gasteiger partial charge >= 0.3 is 0 Å². The van der Waals surface area contributed by atoms with Crippen molar-refractivity contribution in [3.63, 3.8) is 0 Å². The molecule has 0 radical (unpaired) electrons. The maximum Gasteiger partial charge on any atom is 0.261 e. The van der Waals surface area contributed by atoms with Crippen LogP contribution in [0, 0.1) is 5.92 Å². The molecule has 3 aromatic heterocycles. The van der Waals surface area contributed by atoms with E-state index in [9.17, 15) is 4.79 Å². The second-order valence-electron chi connectivity index (χ2n) is 5.29. The van der Waals surface area contributed by atoms with E-state index in [-0.39, 0.29) is 17.9 Å². The van der Waals surface area contributed by atoms with Gasteiger partial charge in [0.2, 0.25) is 0 Å². The molecule has 0 spiro atoms. The number of aromatic nitrogens is 3. The molecule has 22 heavy (non-hydrogen) atoms. The third-order valence-corrected chi connectivity index (χ3v) is 4.99. The van der Waals surface area contributed by atoms with E-state index in [2.05, 4.69) is 45.3 Å². The van der Waals surface area contributed by atoms with Crippen LogP contribution in [0.25, 0.3) is 5.65 Å². The molecule has 1 amide bonds. The molecule has 3 heterocycles. The molecule has 0 aliphatic carbocycles. The summed E-state index contributed by atoms with van der Waals surface area (Å²) in [7, 11) is 0. The molecule has 5 nitrogen and oxygen atoms in total. The molecule has 7 heteroatoms. The van der Waals surface area contributed by atoms with Crippen molar-refractivity contribution in [2.45, 2.75) is 19.9 Å². The molecule has 0 fully saturated rings. The highest BCUT2D eigenvalue weighted by atomic mass is 79.9. The molecular weight excluding hydrogens is 364 g/mol. The van der Waals surface area contributed by atoms with Gasteiger partial charge in [0, 0.05) is 6.20 Å². The van der Waals surface area contributed by atoms with Gasteiger partial charge in [0.15, 0.2) is 11.5 Å². The normalized spacial score (nSPS) is 12.7. The molecule has 0 aliphatic rings. The third-order valence-electron chi connectivity index (χ3n) is 3.37. The van der Waals surface area contributed by atoms with Crippen molar-refractivity contribution in [1.82, 2.24) is 19.9 Å². The molecule has 0 aromatic carbocycles. The Kier molecular flexibility index (Phi) is 4.26. The number of rotatable bonds is 4. The Morgan fingerprint density at radius 3 is 2.77 bits per heavy atom. The van der Waals surface area contributed by atoms with Crippen molar-refractivity contribution >= 4 is 38.8 Å². The minimum absolute atomic E-state index is 0.0953. The molecule has 3 rings (SSSR count). The van der Waals surface area contributed by atoms with Crippen molar-refractivity contribution in [3.05, 3.63) is 51.0 Å². The maximum atomic E-state index is 12.4. The Hall–Kier alpha value is -1.73. The number of carbonyl (C=O) groups excluding carboxylic acids is 1. The first-order chi connectivity index (χ1) is 10.6. The van der Waals surface area contributed by atoms with Crippen molar-refractivity contribution in [3.8, 4) is 0 Å². The monoisotopic (exact) mass is 378 g/mol. The number of nitrogens with zero attached hydrogens (tertiary/aromatic N) is 3. The molecule has 0 aliphatic heterocycles. The van der Waals surface area contributed by atoms with Crippen LogP contribution in [0.2, 0.25) is 0 Å². The lowest BCUT2D eigenvalue weighted by molar-refractivity contribution is 0.0927. The van der Waals surface area contributed by atoms with Gasteiger partial charge in [-0.15, -0.1) is 21.5 Å². The first kappa shape index (κ1) is 15.2. The Bertz CT molecular complexity index is 811. The average Bonchev–Trinajstić information content (AvgIpc) is 3.10. The van der Waals surface area contributed by atoms with Crippen molar-refractivity contribution in [1.29, 1.82) is 0 Å². The van der Waals surface area contributed by atoms with E-state index in [1.807, 2.05) is 40.9 Å². The molecular formula is C15H15BrN4OS. The fourth-order valence-corrected chi connectivity index (χ4v) is 3.54. The van der Waals surface area contributed by atoms with Crippen LogP contribution in [0.15, 0.2) is 40.3 Å². The first-order valence-corrected chi connectivity index (χ1v) is 8.53. The van der Waals surface area contributed by atoms with E-state index in [1.165, 1.54) is 11.3 Å². The molecule has 0 saturated carbocycles. The topological polar surface area (TPSA) is 59.3 Å². The summed E-state index contributed by atoms with van der Waals surface area (Å²) in [4.78, 5) is 13.1. The zero-order valence-electron chi connectivity index (χ0n) is 12.2. The fraction of sp³-hybridized carbons (Fsp3) is 0.267. The smallest absolute Gasteiger partial charge is 0.261 e. The lowest BCUT2D eigenvalue weighted by Gasteiger charge is -2.20. The van der Waals surface area contributed by atoms with Crippen LogP contribution in [-0.2, 0) is 0 Å². The largest absolute Gasteiger partial charge is 0.341 e. The Morgan fingerprint density at radius 1 is 1.27 bits per heavy atom.